The van der Waals surface area contributed by atoms with Crippen LogP contribution in [0.2, 0.25) is 0 Å². The molecule has 1 aliphatic heterocycles. The second-order valence-corrected chi connectivity index (χ2v) is 4.30. The Morgan fingerprint density at radius 3 is 2.67 bits per heavy atom. The summed E-state index contributed by atoms with van der Waals surface area (Å²) >= 11 is 0. The summed E-state index contributed by atoms with van der Waals surface area (Å²) in [5.41, 5.74) is 1.19. The van der Waals surface area contributed by atoms with Crippen LogP contribution >= 0.6 is 0 Å². The van der Waals surface area contributed by atoms with Gasteiger partial charge in [-0.2, -0.15) is 0 Å². The van der Waals surface area contributed by atoms with Gasteiger partial charge in [0.05, 0.1) is 0 Å². The number of amides is 1. The maximum absolute atomic E-state index is 10.8. The van der Waals surface area contributed by atoms with Crippen LogP contribution in [-0.4, -0.2) is 11.4 Å². The fourth-order valence-corrected chi connectivity index (χ4v) is 1.82. The van der Waals surface area contributed by atoms with Gasteiger partial charge in [-0.25, -0.2) is 0 Å². The first kappa shape index (κ1) is 9.97. The summed E-state index contributed by atoms with van der Waals surface area (Å²) in [4.78, 5) is 10.8. The van der Waals surface area contributed by atoms with Crippen LogP contribution in [0.3, 0.4) is 0 Å². The number of hydrogen-bond donors (Lipinski definition) is 1. The van der Waals surface area contributed by atoms with Crippen LogP contribution in [0.1, 0.15) is 25.3 Å². The topological polar surface area (TPSA) is 29.1 Å². The van der Waals surface area contributed by atoms with Crippen LogP contribution in [0.4, 0.5) is 0 Å². The van der Waals surface area contributed by atoms with Gasteiger partial charge in [0.1, 0.15) is 0 Å². The SMILES string of the molecule is CC1(C/C=C/c2ccccc2)CC(=O)N1. The maximum atomic E-state index is 10.8. The summed E-state index contributed by atoms with van der Waals surface area (Å²) in [6.07, 6.45) is 5.75. The molecular formula is C13H15NO. The molecule has 0 aromatic heterocycles. The highest BCUT2D eigenvalue weighted by atomic mass is 16.2. The van der Waals surface area contributed by atoms with Crippen LogP contribution in [0.5, 0.6) is 0 Å². The Balaban J connectivity index is 1.88. The summed E-state index contributed by atoms with van der Waals surface area (Å²) < 4.78 is 0. The minimum absolute atomic E-state index is 0.0115. The molecule has 2 nitrogen and oxygen atoms in total. The van der Waals surface area contributed by atoms with Gasteiger partial charge in [0.2, 0.25) is 5.91 Å². The Labute approximate surface area is 90.0 Å². The van der Waals surface area contributed by atoms with E-state index in [9.17, 15) is 4.79 Å². The molecule has 1 amide bonds. The number of nitrogens with one attached hydrogen (secondary N) is 1. The van der Waals surface area contributed by atoms with Gasteiger partial charge in [-0.1, -0.05) is 42.5 Å². The second-order valence-electron chi connectivity index (χ2n) is 4.30. The summed E-state index contributed by atoms with van der Waals surface area (Å²) in [6.45, 7) is 2.07. The average molecular weight is 201 g/mol. The lowest BCUT2D eigenvalue weighted by molar-refractivity contribution is -0.131. The Morgan fingerprint density at radius 1 is 1.40 bits per heavy atom. The predicted octanol–water partition coefficient (Wildman–Crippen LogP) is 2.37. The van der Waals surface area contributed by atoms with Crippen molar-refractivity contribution in [3.63, 3.8) is 0 Å². The fraction of sp³-hybridized carbons (Fsp3) is 0.308. The lowest BCUT2D eigenvalue weighted by Crippen LogP contribution is -2.58. The zero-order chi connectivity index (χ0) is 10.7. The predicted molar refractivity (Wildman–Crippen MR) is 61.3 cm³/mol. The molecular weight excluding hydrogens is 186 g/mol. The molecule has 1 atom stereocenters. The largest absolute Gasteiger partial charge is 0.350 e. The standard InChI is InChI=1S/C13H15NO/c1-13(10-12(15)14-13)9-5-8-11-6-3-2-4-7-11/h2-8H,9-10H2,1H3,(H,14,15)/b8-5+. The van der Waals surface area contributed by atoms with Crippen molar-refractivity contribution in [2.45, 2.75) is 25.3 Å². The van der Waals surface area contributed by atoms with Gasteiger partial charge in [-0.3, -0.25) is 4.79 Å². The molecule has 15 heavy (non-hydrogen) atoms. The van der Waals surface area contributed by atoms with Gasteiger partial charge < -0.3 is 5.32 Å². The molecule has 0 radical (unpaired) electrons. The molecule has 0 saturated carbocycles. The van der Waals surface area contributed by atoms with Crippen molar-refractivity contribution in [3.8, 4) is 0 Å². The summed E-state index contributed by atoms with van der Waals surface area (Å²) in [5.74, 6) is 0.158. The Morgan fingerprint density at radius 2 is 2.07 bits per heavy atom. The van der Waals surface area contributed by atoms with Crippen molar-refractivity contribution in [2.24, 2.45) is 0 Å². The van der Waals surface area contributed by atoms with Crippen LogP contribution in [0, 0.1) is 0 Å². The summed E-state index contributed by atoms with van der Waals surface area (Å²) in [7, 11) is 0. The highest BCUT2D eigenvalue weighted by molar-refractivity contribution is 5.84. The normalized spacial score (nSPS) is 25.0. The molecule has 1 N–H and O–H groups in total. The van der Waals surface area contributed by atoms with E-state index in [1.807, 2.05) is 18.2 Å². The van der Waals surface area contributed by atoms with Crippen LogP contribution in [0.15, 0.2) is 36.4 Å². The fourth-order valence-electron chi connectivity index (χ4n) is 1.82. The van der Waals surface area contributed by atoms with Crippen molar-refractivity contribution in [2.75, 3.05) is 0 Å². The van der Waals surface area contributed by atoms with E-state index in [-0.39, 0.29) is 11.4 Å². The Hall–Kier alpha value is -1.57. The first-order valence-corrected chi connectivity index (χ1v) is 5.21. The first-order chi connectivity index (χ1) is 7.18. The van der Waals surface area contributed by atoms with Crippen LogP contribution in [0.25, 0.3) is 6.08 Å². The number of benzene rings is 1. The van der Waals surface area contributed by atoms with E-state index < -0.39 is 0 Å². The molecule has 0 spiro atoms. The van der Waals surface area contributed by atoms with E-state index >= 15 is 0 Å². The molecule has 78 valence electrons. The van der Waals surface area contributed by atoms with Crippen molar-refractivity contribution in [1.82, 2.24) is 5.32 Å². The molecule has 1 aromatic carbocycles. The molecule has 0 bridgehead atoms. The molecule has 1 aliphatic rings. The minimum atomic E-state index is -0.0115. The molecule has 1 saturated heterocycles. The summed E-state index contributed by atoms with van der Waals surface area (Å²) in [6, 6.07) is 10.2. The van der Waals surface area contributed by atoms with Crippen molar-refractivity contribution < 1.29 is 4.79 Å². The van der Waals surface area contributed by atoms with E-state index in [0.717, 1.165) is 6.42 Å². The van der Waals surface area contributed by atoms with E-state index in [1.54, 1.807) is 0 Å². The van der Waals surface area contributed by atoms with Crippen LogP contribution < -0.4 is 5.32 Å². The molecule has 1 fully saturated rings. The number of carbonyl (C=O) groups is 1. The molecule has 0 aliphatic carbocycles. The number of hydrogen-bond acceptors (Lipinski definition) is 1. The van der Waals surface area contributed by atoms with Gasteiger partial charge >= 0.3 is 0 Å². The molecule has 1 aromatic rings. The van der Waals surface area contributed by atoms with Crippen molar-refractivity contribution >= 4 is 12.0 Å². The first-order valence-electron chi connectivity index (χ1n) is 5.21. The molecule has 1 heterocycles. The van der Waals surface area contributed by atoms with E-state index in [4.69, 9.17) is 0 Å². The quantitative estimate of drug-likeness (QED) is 0.747. The number of rotatable bonds is 3. The monoisotopic (exact) mass is 201 g/mol. The molecule has 1 unspecified atom stereocenters. The van der Waals surface area contributed by atoms with Gasteiger partial charge in [-0.05, 0) is 18.9 Å². The third-order valence-corrected chi connectivity index (χ3v) is 2.67. The van der Waals surface area contributed by atoms with E-state index in [1.165, 1.54) is 5.56 Å². The number of β-lactam (4-membered cyclic amide) rings is 1. The Kier molecular flexibility index (Phi) is 2.58. The van der Waals surface area contributed by atoms with Gasteiger partial charge in [0.15, 0.2) is 0 Å². The maximum Gasteiger partial charge on any atom is 0.222 e. The number of carbonyl (C=O) groups excluding carboxylic acids is 1. The third kappa shape index (κ3) is 2.46. The Bertz CT molecular complexity index is 373. The zero-order valence-electron chi connectivity index (χ0n) is 8.86. The lowest BCUT2D eigenvalue weighted by Gasteiger charge is -2.38. The summed E-state index contributed by atoms with van der Waals surface area (Å²) in [5, 5.41) is 2.92. The van der Waals surface area contributed by atoms with E-state index in [2.05, 4.69) is 36.5 Å². The highest BCUT2D eigenvalue weighted by Crippen LogP contribution is 2.23. The molecule has 2 rings (SSSR count). The van der Waals surface area contributed by atoms with Gasteiger partial charge in [0, 0.05) is 12.0 Å². The van der Waals surface area contributed by atoms with E-state index in [0.29, 0.717) is 6.42 Å². The second kappa shape index (κ2) is 3.89. The van der Waals surface area contributed by atoms with Crippen molar-refractivity contribution in [3.05, 3.63) is 42.0 Å². The highest BCUT2D eigenvalue weighted by Gasteiger charge is 2.36. The van der Waals surface area contributed by atoms with Gasteiger partial charge in [-0.15, -0.1) is 0 Å². The van der Waals surface area contributed by atoms with Crippen LogP contribution in [-0.2, 0) is 4.79 Å². The zero-order valence-corrected chi connectivity index (χ0v) is 8.86. The average Bonchev–Trinajstić information content (AvgIpc) is 2.17. The smallest absolute Gasteiger partial charge is 0.222 e. The minimum Gasteiger partial charge on any atom is -0.350 e. The van der Waals surface area contributed by atoms with Gasteiger partial charge in [0.25, 0.3) is 0 Å². The third-order valence-electron chi connectivity index (χ3n) is 2.67. The molecule has 2 heteroatoms. The lowest BCUT2D eigenvalue weighted by atomic mass is 9.86. The van der Waals surface area contributed by atoms with Crippen molar-refractivity contribution in [1.29, 1.82) is 0 Å².